The van der Waals surface area contributed by atoms with Gasteiger partial charge in [0.25, 0.3) is 0 Å². The van der Waals surface area contributed by atoms with Crippen molar-refractivity contribution in [3.63, 3.8) is 0 Å². The molecule has 0 radical (unpaired) electrons. The number of aromatic nitrogens is 2. The Morgan fingerprint density at radius 2 is 1.94 bits per heavy atom. The Hall–Kier alpha value is -1.26. The summed E-state index contributed by atoms with van der Waals surface area (Å²) in [5.41, 5.74) is 2.26. The van der Waals surface area contributed by atoms with Crippen LogP contribution in [0.1, 0.15) is 5.56 Å². The summed E-state index contributed by atoms with van der Waals surface area (Å²) in [7, 11) is 0. The highest BCUT2D eigenvalue weighted by Gasteiger charge is 2.08. The van der Waals surface area contributed by atoms with Crippen molar-refractivity contribution in [1.29, 1.82) is 0 Å². The molecule has 0 fully saturated rings. The lowest BCUT2D eigenvalue weighted by Gasteiger charge is -2.03. The molecule has 0 bridgehead atoms. The zero-order valence-corrected chi connectivity index (χ0v) is 12.2. The maximum atomic E-state index is 4.43. The number of pyridine rings is 1. The van der Waals surface area contributed by atoms with Gasteiger partial charge in [-0.15, -0.1) is 0 Å². The summed E-state index contributed by atoms with van der Waals surface area (Å²) in [6.07, 6.45) is 3.88. The number of fused-ring (bicyclic) bond motifs is 1. The molecule has 0 atom stereocenters. The molecule has 0 spiro atoms. The van der Waals surface area contributed by atoms with Crippen molar-refractivity contribution in [1.82, 2.24) is 8.96 Å². The van der Waals surface area contributed by atoms with E-state index < -0.39 is 0 Å². The van der Waals surface area contributed by atoms with Crippen LogP contribution >= 0.6 is 27.9 Å². The summed E-state index contributed by atoms with van der Waals surface area (Å²) in [6.45, 7) is 2.09. The Morgan fingerprint density at radius 1 is 1.17 bits per heavy atom. The minimum Gasteiger partial charge on any atom is -0.270 e. The summed E-state index contributed by atoms with van der Waals surface area (Å²) in [6, 6.07) is 12.5. The molecule has 0 saturated heterocycles. The average Bonchev–Trinajstić information content (AvgIpc) is 2.70. The monoisotopic (exact) mass is 318 g/mol. The first-order valence-electron chi connectivity index (χ1n) is 5.60. The lowest BCUT2D eigenvalue weighted by molar-refractivity contribution is 1.24. The van der Waals surface area contributed by atoms with Gasteiger partial charge in [-0.2, -0.15) is 0 Å². The zero-order valence-electron chi connectivity index (χ0n) is 9.80. The molecule has 0 aliphatic heterocycles. The molecule has 0 amide bonds. The molecule has 90 valence electrons. The van der Waals surface area contributed by atoms with E-state index in [-0.39, 0.29) is 0 Å². The van der Waals surface area contributed by atoms with Gasteiger partial charge in [0.1, 0.15) is 0 Å². The van der Waals surface area contributed by atoms with E-state index >= 15 is 0 Å². The Morgan fingerprint density at radius 3 is 2.72 bits per heavy atom. The number of hydrogen-bond donors (Lipinski definition) is 0. The van der Waals surface area contributed by atoms with Crippen LogP contribution in [0, 0.1) is 6.92 Å². The lowest BCUT2D eigenvalue weighted by atomic mass is 10.2. The Bertz CT molecular complexity index is 689. The van der Waals surface area contributed by atoms with E-state index in [4.69, 9.17) is 0 Å². The number of hydrogen-bond acceptors (Lipinski definition) is 2. The minimum atomic E-state index is 0.981. The SMILES string of the molecule is Cc1ccc(Sn2cc(Br)c3cccnc32)cc1. The van der Waals surface area contributed by atoms with Crippen LogP contribution in [0.25, 0.3) is 11.0 Å². The summed E-state index contributed by atoms with van der Waals surface area (Å²) < 4.78 is 3.16. The third-order valence-electron chi connectivity index (χ3n) is 2.71. The van der Waals surface area contributed by atoms with Gasteiger partial charge in [0.15, 0.2) is 5.65 Å². The highest BCUT2D eigenvalue weighted by molar-refractivity contribution is 9.10. The molecule has 3 rings (SSSR count). The summed E-state index contributed by atoms with van der Waals surface area (Å²) in [5.74, 6) is 0. The second-order valence-electron chi connectivity index (χ2n) is 4.08. The standard InChI is InChI=1S/C14H11BrN2S/c1-10-4-6-11(7-5-10)18-17-9-13(15)12-3-2-8-16-14(12)17/h2-9H,1H3. The summed E-state index contributed by atoms with van der Waals surface area (Å²) in [5, 5.41) is 1.14. The van der Waals surface area contributed by atoms with E-state index in [0.29, 0.717) is 0 Å². The molecule has 2 nitrogen and oxygen atoms in total. The number of rotatable bonds is 2. The van der Waals surface area contributed by atoms with Crippen molar-refractivity contribution >= 4 is 38.9 Å². The first-order chi connectivity index (χ1) is 8.74. The normalized spacial score (nSPS) is 11.0. The molecular formula is C14H11BrN2S. The molecule has 0 saturated carbocycles. The van der Waals surface area contributed by atoms with E-state index in [1.165, 1.54) is 10.5 Å². The quantitative estimate of drug-likeness (QED) is 0.683. The van der Waals surface area contributed by atoms with Gasteiger partial charge in [-0.3, -0.25) is 3.97 Å². The van der Waals surface area contributed by atoms with Crippen LogP contribution in [0.4, 0.5) is 0 Å². The smallest absolute Gasteiger partial charge is 0.151 e. The predicted molar refractivity (Wildman–Crippen MR) is 79.9 cm³/mol. The van der Waals surface area contributed by atoms with Gasteiger partial charge in [0.05, 0.1) is 0 Å². The summed E-state index contributed by atoms with van der Waals surface area (Å²) in [4.78, 5) is 5.63. The van der Waals surface area contributed by atoms with Gasteiger partial charge in [-0.25, -0.2) is 4.98 Å². The molecule has 2 aromatic heterocycles. The Labute approximate surface area is 118 Å². The third-order valence-corrected chi connectivity index (χ3v) is 4.30. The van der Waals surface area contributed by atoms with Crippen LogP contribution in [0.2, 0.25) is 0 Å². The fourth-order valence-electron chi connectivity index (χ4n) is 1.77. The fraction of sp³-hybridized carbons (Fsp3) is 0.0714. The van der Waals surface area contributed by atoms with Gasteiger partial charge >= 0.3 is 0 Å². The van der Waals surface area contributed by atoms with Crippen LogP contribution in [-0.4, -0.2) is 8.96 Å². The molecule has 0 N–H and O–H groups in total. The minimum absolute atomic E-state index is 0.981. The topological polar surface area (TPSA) is 17.8 Å². The molecule has 0 aliphatic rings. The van der Waals surface area contributed by atoms with Crippen molar-refractivity contribution in [2.45, 2.75) is 11.8 Å². The highest BCUT2D eigenvalue weighted by Crippen LogP contribution is 2.30. The van der Waals surface area contributed by atoms with Crippen LogP contribution in [-0.2, 0) is 0 Å². The van der Waals surface area contributed by atoms with Gasteiger partial charge in [-0.1, -0.05) is 17.7 Å². The number of aryl methyl sites for hydroxylation is 1. The van der Waals surface area contributed by atoms with Gasteiger partial charge in [0.2, 0.25) is 0 Å². The maximum absolute atomic E-state index is 4.43. The zero-order chi connectivity index (χ0) is 12.5. The molecule has 1 aromatic carbocycles. The third kappa shape index (κ3) is 2.18. The van der Waals surface area contributed by atoms with Crippen LogP contribution < -0.4 is 0 Å². The lowest BCUT2D eigenvalue weighted by Crippen LogP contribution is -1.86. The van der Waals surface area contributed by atoms with Crippen molar-refractivity contribution in [3.8, 4) is 0 Å². The second-order valence-corrected chi connectivity index (χ2v) is 5.98. The molecular weight excluding hydrogens is 308 g/mol. The number of nitrogens with zero attached hydrogens (tertiary/aromatic N) is 2. The number of halogens is 1. The Balaban J connectivity index is 2.02. The first-order valence-corrected chi connectivity index (χ1v) is 7.17. The summed E-state index contributed by atoms with van der Waals surface area (Å²) >= 11 is 5.24. The van der Waals surface area contributed by atoms with Crippen molar-refractivity contribution in [3.05, 3.63) is 58.8 Å². The second kappa shape index (κ2) is 4.78. The van der Waals surface area contributed by atoms with Crippen molar-refractivity contribution in [2.24, 2.45) is 0 Å². The van der Waals surface area contributed by atoms with Gasteiger partial charge in [0, 0.05) is 27.1 Å². The first kappa shape index (κ1) is 11.8. The van der Waals surface area contributed by atoms with E-state index in [1.54, 1.807) is 11.9 Å². The molecule has 3 aromatic rings. The molecule has 18 heavy (non-hydrogen) atoms. The molecule has 4 heteroatoms. The van der Waals surface area contributed by atoms with Crippen LogP contribution in [0.3, 0.4) is 0 Å². The van der Waals surface area contributed by atoms with Gasteiger partial charge in [-0.05, 0) is 59.1 Å². The van der Waals surface area contributed by atoms with Crippen LogP contribution in [0.5, 0.6) is 0 Å². The van der Waals surface area contributed by atoms with Crippen molar-refractivity contribution < 1.29 is 0 Å². The van der Waals surface area contributed by atoms with Gasteiger partial charge < -0.3 is 0 Å². The predicted octanol–water partition coefficient (Wildman–Crippen LogP) is 4.66. The van der Waals surface area contributed by atoms with Crippen LogP contribution in [0.15, 0.2) is 58.2 Å². The average molecular weight is 319 g/mol. The van der Waals surface area contributed by atoms with E-state index in [0.717, 1.165) is 15.5 Å². The maximum Gasteiger partial charge on any atom is 0.151 e. The Kier molecular flexibility index (Phi) is 3.14. The largest absolute Gasteiger partial charge is 0.270 e. The highest BCUT2D eigenvalue weighted by atomic mass is 79.9. The molecule has 0 aliphatic carbocycles. The fourth-order valence-corrected chi connectivity index (χ4v) is 3.30. The van der Waals surface area contributed by atoms with Crippen molar-refractivity contribution in [2.75, 3.05) is 0 Å². The molecule has 0 unspecified atom stereocenters. The molecule has 2 heterocycles. The van der Waals surface area contributed by atoms with E-state index in [9.17, 15) is 0 Å². The number of benzene rings is 1. The van der Waals surface area contributed by atoms with E-state index in [1.807, 2.05) is 12.3 Å². The van der Waals surface area contributed by atoms with E-state index in [2.05, 4.69) is 68.3 Å².